The number of methoxy groups -OCH3 is 1. The van der Waals surface area contributed by atoms with Crippen LogP contribution in [-0.2, 0) is 32.0 Å². The number of rotatable bonds is 11. The van der Waals surface area contributed by atoms with Crippen molar-refractivity contribution in [1.29, 1.82) is 0 Å². The predicted molar refractivity (Wildman–Crippen MR) is 176 cm³/mol. The van der Waals surface area contributed by atoms with Gasteiger partial charge in [-0.3, -0.25) is 14.4 Å². The van der Waals surface area contributed by atoms with Gasteiger partial charge in [0.25, 0.3) is 17.7 Å². The Balaban J connectivity index is 1.38. The number of fused-ring (bicyclic) bond motifs is 1. The summed E-state index contributed by atoms with van der Waals surface area (Å²) >= 11 is 0. The van der Waals surface area contributed by atoms with E-state index in [9.17, 15) is 29.1 Å². The van der Waals surface area contributed by atoms with Crippen molar-refractivity contribution >= 4 is 47.0 Å². The molecule has 11 heteroatoms. The predicted octanol–water partition coefficient (Wildman–Crippen LogP) is 4.06. The number of H-pyrrole nitrogens is 1. The molecule has 3 amide bonds. The Bertz CT molecular complexity index is 1880. The fourth-order valence-corrected chi connectivity index (χ4v) is 5.58. The SMILES string of the molecule is COC(=O)C(Cc1ccccc1)NC(=O)c1ccc2c(c1)C(=Cc1[nH]c(C)c(C(=O)NC(Cc3ccccc3)C(=O)O)c1C)C(=O)N2. The number of carbonyl (C=O) groups is 5. The van der Waals surface area contributed by atoms with Gasteiger partial charge in [-0.05, 0) is 54.8 Å². The van der Waals surface area contributed by atoms with Crippen molar-refractivity contribution in [3.8, 4) is 0 Å². The van der Waals surface area contributed by atoms with Crippen LogP contribution in [0.15, 0.2) is 78.9 Å². The van der Waals surface area contributed by atoms with Gasteiger partial charge in [0.05, 0.1) is 18.2 Å². The molecular formula is C36H34N4O7. The average Bonchev–Trinajstić information content (AvgIpc) is 3.53. The second-order valence-corrected chi connectivity index (χ2v) is 11.2. The van der Waals surface area contributed by atoms with Gasteiger partial charge in [0.2, 0.25) is 0 Å². The number of amides is 3. The smallest absolute Gasteiger partial charge is 0.328 e. The number of aromatic amines is 1. The van der Waals surface area contributed by atoms with Crippen molar-refractivity contribution in [2.24, 2.45) is 0 Å². The molecule has 5 N–H and O–H groups in total. The average molecular weight is 635 g/mol. The molecule has 0 saturated carbocycles. The normalized spacial score (nSPS) is 14.1. The monoisotopic (exact) mass is 634 g/mol. The molecule has 47 heavy (non-hydrogen) atoms. The van der Waals surface area contributed by atoms with E-state index in [0.29, 0.717) is 28.2 Å². The Morgan fingerprint density at radius 2 is 1.45 bits per heavy atom. The molecule has 0 saturated heterocycles. The number of carboxylic acids is 1. The van der Waals surface area contributed by atoms with E-state index < -0.39 is 41.7 Å². The molecule has 0 radical (unpaired) electrons. The first-order chi connectivity index (χ1) is 22.5. The molecule has 4 aromatic rings. The van der Waals surface area contributed by atoms with Crippen molar-refractivity contribution < 1.29 is 33.8 Å². The van der Waals surface area contributed by atoms with Crippen LogP contribution in [0.4, 0.5) is 5.69 Å². The van der Waals surface area contributed by atoms with E-state index in [-0.39, 0.29) is 29.5 Å². The maximum absolute atomic E-state index is 13.3. The Morgan fingerprint density at radius 1 is 0.851 bits per heavy atom. The van der Waals surface area contributed by atoms with Gasteiger partial charge in [-0.2, -0.15) is 0 Å². The standard InChI is InChI=1S/C36H34N4O7/c1-20-28(37-21(2)31(20)34(43)39-29(35(44)45)16-22-10-6-4-7-11-22)19-26-25-18-24(14-15-27(25)38-33(26)42)32(41)40-30(36(46)47-3)17-23-12-8-5-9-13-23/h4-15,18-19,29-30,37H,16-17H2,1-3H3,(H,38,42)(H,39,43)(H,40,41)(H,44,45). The lowest BCUT2D eigenvalue weighted by molar-refractivity contribution is -0.143. The Labute approximate surface area is 271 Å². The van der Waals surface area contributed by atoms with Crippen LogP contribution in [0.1, 0.15) is 54.4 Å². The van der Waals surface area contributed by atoms with Gasteiger partial charge in [-0.25, -0.2) is 9.59 Å². The molecule has 0 aliphatic carbocycles. The largest absolute Gasteiger partial charge is 0.480 e. The first-order valence-electron chi connectivity index (χ1n) is 14.9. The summed E-state index contributed by atoms with van der Waals surface area (Å²) in [6, 6.07) is 20.9. The number of aliphatic carboxylic acids is 1. The number of aromatic nitrogens is 1. The number of nitrogens with one attached hydrogen (secondary N) is 4. The zero-order chi connectivity index (χ0) is 33.7. The van der Waals surface area contributed by atoms with E-state index in [2.05, 4.69) is 20.9 Å². The van der Waals surface area contributed by atoms with Gasteiger partial charge in [0.1, 0.15) is 12.1 Å². The van der Waals surface area contributed by atoms with Crippen molar-refractivity contribution in [3.05, 3.63) is 124 Å². The van der Waals surface area contributed by atoms with Crippen molar-refractivity contribution in [2.45, 2.75) is 38.8 Å². The van der Waals surface area contributed by atoms with Gasteiger partial charge in [-0.1, -0.05) is 60.7 Å². The molecule has 11 nitrogen and oxygen atoms in total. The third-order valence-electron chi connectivity index (χ3n) is 8.02. The van der Waals surface area contributed by atoms with Gasteiger partial charge in [0.15, 0.2) is 0 Å². The highest BCUT2D eigenvalue weighted by Gasteiger charge is 2.29. The van der Waals surface area contributed by atoms with Crippen LogP contribution in [0.5, 0.6) is 0 Å². The molecule has 0 spiro atoms. The van der Waals surface area contributed by atoms with Gasteiger partial charge < -0.3 is 30.8 Å². The van der Waals surface area contributed by atoms with Crippen LogP contribution in [0.2, 0.25) is 0 Å². The molecule has 5 rings (SSSR count). The van der Waals surface area contributed by atoms with Crippen molar-refractivity contribution in [3.63, 3.8) is 0 Å². The molecule has 0 fully saturated rings. The quantitative estimate of drug-likeness (QED) is 0.123. The zero-order valence-corrected chi connectivity index (χ0v) is 26.0. The summed E-state index contributed by atoms with van der Waals surface area (Å²) in [4.78, 5) is 67.3. The van der Waals surface area contributed by atoms with Crippen LogP contribution < -0.4 is 16.0 Å². The van der Waals surface area contributed by atoms with Crippen LogP contribution in [0.3, 0.4) is 0 Å². The van der Waals surface area contributed by atoms with E-state index in [1.807, 2.05) is 36.4 Å². The molecule has 1 aromatic heterocycles. The summed E-state index contributed by atoms with van der Waals surface area (Å²) in [6.45, 7) is 3.39. The number of aryl methyl sites for hydroxylation is 1. The third-order valence-corrected chi connectivity index (χ3v) is 8.02. The number of esters is 1. The van der Waals surface area contributed by atoms with E-state index in [1.54, 1.807) is 62.4 Å². The number of carboxylic acid groups (broad SMARTS) is 1. The number of benzene rings is 3. The van der Waals surface area contributed by atoms with E-state index >= 15 is 0 Å². The Kier molecular flexibility index (Phi) is 9.65. The summed E-state index contributed by atoms with van der Waals surface area (Å²) in [6.07, 6.45) is 1.93. The summed E-state index contributed by atoms with van der Waals surface area (Å²) < 4.78 is 4.91. The van der Waals surface area contributed by atoms with Crippen LogP contribution in [-0.4, -0.2) is 58.9 Å². The maximum atomic E-state index is 13.3. The third kappa shape index (κ3) is 7.30. The fraction of sp³-hybridized carbons (Fsp3) is 0.194. The fourth-order valence-electron chi connectivity index (χ4n) is 5.58. The lowest BCUT2D eigenvalue weighted by Crippen LogP contribution is -2.43. The van der Waals surface area contributed by atoms with E-state index in [4.69, 9.17) is 4.74 Å². The second-order valence-electron chi connectivity index (χ2n) is 11.2. The van der Waals surface area contributed by atoms with E-state index in [0.717, 1.165) is 11.1 Å². The highest BCUT2D eigenvalue weighted by molar-refractivity contribution is 6.35. The molecule has 1 aliphatic heterocycles. The Morgan fingerprint density at radius 3 is 2.04 bits per heavy atom. The van der Waals surface area contributed by atoms with Crippen LogP contribution in [0, 0.1) is 13.8 Å². The molecule has 3 aromatic carbocycles. The lowest BCUT2D eigenvalue weighted by atomic mass is 10.0. The van der Waals surface area contributed by atoms with Crippen LogP contribution in [0.25, 0.3) is 11.6 Å². The molecule has 0 bridgehead atoms. The van der Waals surface area contributed by atoms with E-state index in [1.165, 1.54) is 7.11 Å². The lowest BCUT2D eigenvalue weighted by Gasteiger charge is -2.17. The zero-order valence-electron chi connectivity index (χ0n) is 26.0. The van der Waals surface area contributed by atoms with Crippen molar-refractivity contribution in [2.75, 3.05) is 12.4 Å². The number of carbonyl (C=O) groups excluding carboxylic acids is 4. The molecule has 2 atom stereocenters. The minimum Gasteiger partial charge on any atom is -0.480 e. The molecule has 240 valence electrons. The van der Waals surface area contributed by atoms with Gasteiger partial charge >= 0.3 is 11.9 Å². The molecule has 2 heterocycles. The summed E-state index contributed by atoms with van der Waals surface area (Å²) in [5.41, 5.74) is 4.82. The van der Waals surface area contributed by atoms with Gasteiger partial charge in [-0.15, -0.1) is 0 Å². The maximum Gasteiger partial charge on any atom is 0.328 e. The Hall–Kier alpha value is -5.97. The first kappa shape index (κ1) is 32.4. The molecular weight excluding hydrogens is 600 g/mol. The highest BCUT2D eigenvalue weighted by Crippen LogP contribution is 2.35. The van der Waals surface area contributed by atoms with Crippen molar-refractivity contribution in [1.82, 2.24) is 15.6 Å². The molecule has 1 aliphatic rings. The number of hydrogen-bond donors (Lipinski definition) is 5. The summed E-state index contributed by atoms with van der Waals surface area (Å²) in [7, 11) is 1.25. The van der Waals surface area contributed by atoms with Crippen LogP contribution >= 0.6 is 0 Å². The number of anilines is 1. The highest BCUT2D eigenvalue weighted by atomic mass is 16.5. The first-order valence-corrected chi connectivity index (χ1v) is 14.9. The number of hydrogen-bond acceptors (Lipinski definition) is 6. The minimum absolute atomic E-state index is 0.112. The molecule has 2 unspecified atom stereocenters. The summed E-state index contributed by atoms with van der Waals surface area (Å²) in [5, 5.41) is 17.9. The minimum atomic E-state index is -1.16. The number of ether oxygens (including phenoxy) is 1. The van der Waals surface area contributed by atoms with Gasteiger partial charge in [0, 0.05) is 41.0 Å². The summed E-state index contributed by atoms with van der Waals surface area (Å²) in [5.74, 6) is -3.23. The second kappa shape index (κ2) is 14.0. The topological polar surface area (TPSA) is 167 Å².